The molecule has 180 valence electrons. The van der Waals surface area contributed by atoms with Gasteiger partial charge in [0.25, 0.3) is 0 Å². The second kappa shape index (κ2) is 9.76. The molecular weight excluding hydrogens is 508 g/mol. The van der Waals surface area contributed by atoms with Gasteiger partial charge in [-0.2, -0.15) is 0 Å². The molecule has 0 amide bonds. The summed E-state index contributed by atoms with van der Waals surface area (Å²) in [7, 11) is 1.67. The van der Waals surface area contributed by atoms with Crippen LogP contribution >= 0.6 is 15.9 Å². The number of aromatic hydroxyl groups is 1. The Hall–Kier alpha value is -3.29. The van der Waals surface area contributed by atoms with E-state index in [1.165, 1.54) is 5.69 Å². The van der Waals surface area contributed by atoms with Crippen molar-refractivity contribution in [1.82, 2.24) is 4.90 Å². The third kappa shape index (κ3) is 4.79. The number of phenols is 1. The van der Waals surface area contributed by atoms with Gasteiger partial charge < -0.3 is 19.5 Å². The van der Waals surface area contributed by atoms with Gasteiger partial charge in [-0.3, -0.25) is 9.69 Å². The Morgan fingerprint density at radius 2 is 1.83 bits per heavy atom. The number of Topliss-reactive ketones (excluding diaryl/α,β-unsaturated/α-hetero) is 1. The molecule has 6 nitrogen and oxygen atoms in total. The highest BCUT2D eigenvalue weighted by Gasteiger charge is 2.34. The summed E-state index contributed by atoms with van der Waals surface area (Å²) < 4.78 is 12.3. The molecule has 3 aromatic carbocycles. The highest BCUT2D eigenvalue weighted by Crippen LogP contribution is 2.42. The fourth-order valence-electron chi connectivity index (χ4n) is 4.66. The number of phenolic OH excluding ortho intramolecular Hbond substituents is 1. The van der Waals surface area contributed by atoms with Gasteiger partial charge in [-0.25, -0.2) is 0 Å². The van der Waals surface area contributed by atoms with Crippen LogP contribution < -0.4 is 14.4 Å². The topological polar surface area (TPSA) is 62.2 Å². The Morgan fingerprint density at radius 1 is 1.09 bits per heavy atom. The van der Waals surface area contributed by atoms with E-state index in [1.807, 2.05) is 43.3 Å². The van der Waals surface area contributed by atoms with Crippen LogP contribution in [0.15, 0.2) is 64.8 Å². The van der Waals surface area contributed by atoms with Gasteiger partial charge in [-0.1, -0.05) is 28.1 Å². The van der Waals surface area contributed by atoms with E-state index in [2.05, 4.69) is 37.9 Å². The van der Waals surface area contributed by atoms with Gasteiger partial charge in [0.1, 0.15) is 17.2 Å². The minimum absolute atomic E-state index is 0.150. The van der Waals surface area contributed by atoms with Crippen molar-refractivity contribution in [2.75, 3.05) is 38.2 Å². The van der Waals surface area contributed by atoms with Crippen LogP contribution in [-0.4, -0.2) is 49.1 Å². The molecule has 0 bridgehead atoms. The average Bonchev–Trinajstić information content (AvgIpc) is 3.18. The lowest BCUT2D eigenvalue weighted by Crippen LogP contribution is -2.46. The number of carbonyl (C=O) groups excluding carboxylic acids is 1. The minimum Gasteiger partial charge on any atom is -0.507 e. The van der Waals surface area contributed by atoms with Crippen molar-refractivity contribution in [3.05, 3.63) is 87.1 Å². The van der Waals surface area contributed by atoms with Crippen LogP contribution in [0.4, 0.5) is 5.69 Å². The number of fused-ring (bicyclic) bond motifs is 1. The maximum absolute atomic E-state index is 13.2. The van der Waals surface area contributed by atoms with Crippen LogP contribution in [0.1, 0.15) is 27.0 Å². The summed E-state index contributed by atoms with van der Waals surface area (Å²) in [5, 5.41) is 10.8. The number of nitrogens with zero attached hydrogens (tertiary/aromatic N) is 2. The van der Waals surface area contributed by atoms with E-state index in [9.17, 15) is 9.90 Å². The van der Waals surface area contributed by atoms with Gasteiger partial charge in [-0.15, -0.1) is 0 Å². The summed E-state index contributed by atoms with van der Waals surface area (Å²) >= 11 is 3.47. The average molecular weight is 535 g/mol. The predicted molar refractivity (Wildman–Crippen MR) is 140 cm³/mol. The van der Waals surface area contributed by atoms with Crippen LogP contribution in [0.5, 0.6) is 17.2 Å². The zero-order chi connectivity index (χ0) is 24.5. The van der Waals surface area contributed by atoms with E-state index in [0.29, 0.717) is 29.0 Å². The van der Waals surface area contributed by atoms with Crippen LogP contribution in [0, 0.1) is 6.92 Å². The summed E-state index contributed by atoms with van der Waals surface area (Å²) in [6, 6.07) is 17.5. The molecule has 2 aliphatic rings. The van der Waals surface area contributed by atoms with Gasteiger partial charge in [0.2, 0.25) is 5.78 Å². The first-order valence-corrected chi connectivity index (χ1v) is 12.4. The molecule has 0 spiro atoms. The number of hydrogen-bond acceptors (Lipinski definition) is 6. The highest BCUT2D eigenvalue weighted by molar-refractivity contribution is 9.10. The van der Waals surface area contributed by atoms with Crippen molar-refractivity contribution in [2.24, 2.45) is 0 Å². The number of halogens is 1. The molecule has 1 saturated heterocycles. The van der Waals surface area contributed by atoms with Crippen molar-refractivity contribution >= 4 is 33.5 Å². The molecule has 0 saturated carbocycles. The van der Waals surface area contributed by atoms with Crippen LogP contribution in [-0.2, 0) is 6.54 Å². The summed E-state index contributed by atoms with van der Waals surface area (Å²) in [6.07, 6.45) is 1.75. The number of hydrogen-bond donors (Lipinski definition) is 1. The number of aryl methyl sites for hydroxylation is 1. The molecule has 7 heteroatoms. The van der Waals surface area contributed by atoms with E-state index >= 15 is 0 Å². The second-order valence-electron chi connectivity index (χ2n) is 8.85. The third-order valence-electron chi connectivity index (χ3n) is 6.56. The van der Waals surface area contributed by atoms with Gasteiger partial charge >= 0.3 is 0 Å². The van der Waals surface area contributed by atoms with Crippen molar-refractivity contribution < 1.29 is 19.4 Å². The number of rotatable bonds is 5. The Labute approximate surface area is 213 Å². The number of benzene rings is 3. The number of anilines is 1. The van der Waals surface area contributed by atoms with Crippen LogP contribution in [0.3, 0.4) is 0 Å². The number of allylic oxidation sites excluding steroid dienone is 1. The van der Waals surface area contributed by atoms with E-state index < -0.39 is 0 Å². The van der Waals surface area contributed by atoms with E-state index in [0.717, 1.165) is 42.0 Å². The number of ketones is 1. The summed E-state index contributed by atoms with van der Waals surface area (Å²) in [5.74, 6) is 1.61. The number of piperazine rings is 1. The Kier molecular flexibility index (Phi) is 6.54. The first-order chi connectivity index (χ1) is 16.9. The molecule has 0 atom stereocenters. The minimum atomic E-state index is -0.150. The monoisotopic (exact) mass is 534 g/mol. The predicted octanol–water partition coefficient (Wildman–Crippen LogP) is 5.41. The SMILES string of the molecule is COc1ccc(N2CCN(Cc3c(O)cc(C)c4c3O/C(=C\c3cccc(Br)c3)C4=O)CC2)cc1. The fraction of sp³-hybridized carbons (Fsp3) is 0.250. The number of carbonyl (C=O) groups is 1. The maximum atomic E-state index is 13.2. The van der Waals surface area contributed by atoms with Crippen molar-refractivity contribution in [3.63, 3.8) is 0 Å². The lowest BCUT2D eigenvalue weighted by molar-refractivity contribution is 0.101. The summed E-state index contributed by atoms with van der Waals surface area (Å²) in [6.45, 7) is 5.76. The molecular formula is C28H27BrN2O4. The summed E-state index contributed by atoms with van der Waals surface area (Å²) in [4.78, 5) is 17.8. The molecule has 0 radical (unpaired) electrons. The molecule has 0 unspecified atom stereocenters. The standard InChI is InChI=1S/C28H27BrN2O4/c1-18-14-24(32)23(17-30-10-12-31(13-11-30)21-6-8-22(34-2)9-7-21)28-26(18)27(33)25(35-28)16-19-4-3-5-20(29)15-19/h3-9,14-16,32H,10-13,17H2,1-2H3/b25-16-. The van der Waals surface area contributed by atoms with E-state index in [1.54, 1.807) is 19.3 Å². The zero-order valence-corrected chi connectivity index (χ0v) is 21.3. The largest absolute Gasteiger partial charge is 0.507 e. The van der Waals surface area contributed by atoms with Gasteiger partial charge in [0, 0.05) is 42.9 Å². The molecule has 2 aliphatic heterocycles. The van der Waals surface area contributed by atoms with Crippen LogP contribution in [0.25, 0.3) is 6.08 Å². The Bertz CT molecular complexity index is 1300. The fourth-order valence-corrected chi connectivity index (χ4v) is 5.08. The lowest BCUT2D eigenvalue weighted by atomic mass is 9.99. The molecule has 35 heavy (non-hydrogen) atoms. The molecule has 1 fully saturated rings. The molecule has 5 rings (SSSR count). The number of methoxy groups -OCH3 is 1. The van der Waals surface area contributed by atoms with Gasteiger partial charge in [0.05, 0.1) is 18.2 Å². The maximum Gasteiger partial charge on any atom is 0.232 e. The first-order valence-electron chi connectivity index (χ1n) is 11.6. The summed E-state index contributed by atoms with van der Waals surface area (Å²) in [5.41, 5.74) is 3.95. The van der Waals surface area contributed by atoms with Gasteiger partial charge in [-0.05, 0) is 66.6 Å². The molecule has 0 aromatic heterocycles. The highest BCUT2D eigenvalue weighted by atomic mass is 79.9. The second-order valence-corrected chi connectivity index (χ2v) is 9.77. The third-order valence-corrected chi connectivity index (χ3v) is 7.05. The quantitative estimate of drug-likeness (QED) is 0.441. The smallest absolute Gasteiger partial charge is 0.232 e. The van der Waals surface area contributed by atoms with E-state index in [4.69, 9.17) is 9.47 Å². The number of ether oxygens (including phenoxy) is 2. The normalized spacial score (nSPS) is 16.9. The molecule has 0 aliphatic carbocycles. The van der Waals surface area contributed by atoms with E-state index in [-0.39, 0.29) is 17.3 Å². The molecule has 1 N–H and O–H groups in total. The Balaban J connectivity index is 1.34. The van der Waals surface area contributed by atoms with Gasteiger partial charge in [0.15, 0.2) is 5.76 Å². The lowest BCUT2D eigenvalue weighted by Gasteiger charge is -2.36. The van der Waals surface area contributed by atoms with Crippen molar-refractivity contribution in [1.29, 1.82) is 0 Å². The van der Waals surface area contributed by atoms with Crippen molar-refractivity contribution in [2.45, 2.75) is 13.5 Å². The first kappa shape index (κ1) is 23.5. The zero-order valence-electron chi connectivity index (χ0n) is 19.8. The molecule has 3 aromatic rings. The van der Waals surface area contributed by atoms with Crippen LogP contribution in [0.2, 0.25) is 0 Å². The van der Waals surface area contributed by atoms with Crippen molar-refractivity contribution in [3.8, 4) is 17.2 Å². The molecule has 2 heterocycles. The Morgan fingerprint density at radius 3 is 2.51 bits per heavy atom.